The van der Waals surface area contributed by atoms with E-state index < -0.39 is 0 Å². The van der Waals surface area contributed by atoms with Crippen molar-refractivity contribution in [3.63, 3.8) is 0 Å². The third-order valence-electron chi connectivity index (χ3n) is 3.61. The molecule has 2 aliphatic heterocycles. The minimum Gasteiger partial charge on any atom is -0.482 e. The molecule has 0 radical (unpaired) electrons. The normalized spacial score (nSPS) is 20.9. The van der Waals surface area contributed by atoms with Gasteiger partial charge in [0.2, 0.25) is 5.91 Å². The molecule has 1 saturated heterocycles. The number of carbonyl (C=O) groups is 2. The predicted octanol–water partition coefficient (Wildman–Crippen LogP) is 0.320. The molecule has 2 N–H and O–H groups in total. The van der Waals surface area contributed by atoms with Crippen molar-refractivity contribution >= 4 is 29.3 Å². The van der Waals surface area contributed by atoms with Gasteiger partial charge in [0.25, 0.3) is 5.91 Å². The zero-order chi connectivity index (χ0) is 14.8. The van der Waals surface area contributed by atoms with Gasteiger partial charge in [0, 0.05) is 25.2 Å². The van der Waals surface area contributed by atoms with Crippen LogP contribution in [0.1, 0.15) is 5.56 Å². The minimum atomic E-state index is -0.111. The van der Waals surface area contributed by atoms with E-state index in [-0.39, 0.29) is 24.5 Å². The molecule has 1 aromatic rings. The summed E-state index contributed by atoms with van der Waals surface area (Å²) in [7, 11) is 1.73. The fourth-order valence-electron chi connectivity index (χ4n) is 2.30. The molecule has 1 unspecified atom stereocenters. The van der Waals surface area contributed by atoms with Crippen LogP contribution < -0.4 is 20.3 Å². The number of thioether (sulfide) groups is 1. The Balaban J connectivity index is 1.66. The van der Waals surface area contributed by atoms with E-state index in [0.29, 0.717) is 12.3 Å². The highest BCUT2D eigenvalue weighted by Crippen LogP contribution is 2.31. The molecule has 1 atom stereocenters. The second-order valence-corrected chi connectivity index (χ2v) is 6.06. The lowest BCUT2D eigenvalue weighted by atomic mass is 10.1. The number of hydrogen-bond acceptors (Lipinski definition) is 5. The van der Waals surface area contributed by atoms with Crippen LogP contribution in [0.25, 0.3) is 0 Å². The number of benzene rings is 1. The van der Waals surface area contributed by atoms with Crippen LogP contribution in [-0.2, 0) is 16.1 Å². The fraction of sp³-hybridized carbons (Fsp3) is 0.429. The smallest absolute Gasteiger partial charge is 0.264 e. The maximum Gasteiger partial charge on any atom is 0.264 e. The Labute approximate surface area is 127 Å². The monoisotopic (exact) mass is 307 g/mol. The Hall–Kier alpha value is -1.73. The first kappa shape index (κ1) is 14.2. The number of rotatable bonds is 3. The summed E-state index contributed by atoms with van der Waals surface area (Å²) in [6.45, 7) is 0.515. The number of nitrogens with one attached hydrogen (secondary N) is 2. The Morgan fingerprint density at radius 1 is 1.57 bits per heavy atom. The number of amides is 2. The van der Waals surface area contributed by atoms with Crippen LogP contribution in [0.2, 0.25) is 0 Å². The number of likely N-dealkylation sites (N-methyl/N-ethyl adjacent to an activating group) is 1. The van der Waals surface area contributed by atoms with Gasteiger partial charge in [-0.25, -0.2) is 0 Å². The van der Waals surface area contributed by atoms with Crippen LogP contribution in [0, 0.1) is 0 Å². The molecule has 3 rings (SSSR count). The highest BCUT2D eigenvalue weighted by atomic mass is 32.2. The number of nitrogens with zero attached hydrogens (tertiary/aromatic N) is 1. The first-order valence-corrected chi connectivity index (χ1v) is 7.92. The van der Waals surface area contributed by atoms with Crippen molar-refractivity contribution in [2.75, 3.05) is 30.2 Å². The summed E-state index contributed by atoms with van der Waals surface area (Å²) in [5.74, 6) is 2.26. The summed E-state index contributed by atoms with van der Waals surface area (Å²) >= 11 is 1.72. The number of ether oxygens (including phenoxy) is 1. The van der Waals surface area contributed by atoms with E-state index in [1.807, 2.05) is 18.2 Å². The lowest BCUT2D eigenvalue weighted by molar-refractivity contribution is -0.122. The second-order valence-electron chi connectivity index (χ2n) is 5.03. The van der Waals surface area contributed by atoms with Crippen molar-refractivity contribution in [1.82, 2.24) is 10.6 Å². The van der Waals surface area contributed by atoms with Gasteiger partial charge in [0.1, 0.15) is 5.75 Å². The quantitative estimate of drug-likeness (QED) is 0.841. The van der Waals surface area contributed by atoms with Crippen LogP contribution in [-0.4, -0.2) is 43.1 Å². The summed E-state index contributed by atoms with van der Waals surface area (Å²) in [5.41, 5.74) is 1.69. The predicted molar refractivity (Wildman–Crippen MR) is 81.4 cm³/mol. The molecular weight excluding hydrogens is 290 g/mol. The first-order valence-electron chi connectivity index (χ1n) is 6.76. The minimum absolute atomic E-state index is 0.0124. The molecule has 7 heteroatoms. The summed E-state index contributed by atoms with van der Waals surface area (Å²) in [6, 6.07) is 5.51. The van der Waals surface area contributed by atoms with Crippen LogP contribution in [0.15, 0.2) is 18.2 Å². The van der Waals surface area contributed by atoms with Gasteiger partial charge in [-0.15, -0.1) is 11.8 Å². The Bertz CT molecular complexity index is 573. The number of fused-ring (bicyclic) bond motifs is 1. The number of hydrogen-bond donors (Lipinski definition) is 2. The molecule has 0 spiro atoms. The average molecular weight is 307 g/mol. The lowest BCUT2D eigenvalue weighted by Gasteiger charge is -2.26. The maximum atomic E-state index is 11.9. The zero-order valence-electron chi connectivity index (χ0n) is 11.7. The molecule has 0 saturated carbocycles. The zero-order valence-corrected chi connectivity index (χ0v) is 12.5. The summed E-state index contributed by atoms with van der Waals surface area (Å²) in [5, 5.41) is 6.05. The highest BCUT2D eigenvalue weighted by Gasteiger charge is 2.24. The van der Waals surface area contributed by atoms with E-state index in [4.69, 9.17) is 4.74 Å². The van der Waals surface area contributed by atoms with Gasteiger partial charge < -0.3 is 15.0 Å². The molecule has 2 aliphatic rings. The van der Waals surface area contributed by atoms with Crippen molar-refractivity contribution in [2.45, 2.75) is 12.6 Å². The average Bonchev–Trinajstić information content (AvgIpc) is 3.03. The fourth-order valence-corrected chi connectivity index (χ4v) is 3.25. The van der Waals surface area contributed by atoms with Crippen LogP contribution in [0.3, 0.4) is 0 Å². The first-order chi connectivity index (χ1) is 10.1. The Kier molecular flexibility index (Phi) is 4.03. The molecule has 112 valence electrons. The molecule has 6 nitrogen and oxygen atoms in total. The van der Waals surface area contributed by atoms with E-state index >= 15 is 0 Å². The van der Waals surface area contributed by atoms with Crippen LogP contribution in [0.4, 0.5) is 5.69 Å². The van der Waals surface area contributed by atoms with Crippen molar-refractivity contribution in [1.29, 1.82) is 0 Å². The van der Waals surface area contributed by atoms with Crippen molar-refractivity contribution < 1.29 is 14.3 Å². The largest absolute Gasteiger partial charge is 0.482 e. The van der Waals surface area contributed by atoms with Gasteiger partial charge in [-0.3, -0.25) is 14.9 Å². The molecule has 1 fully saturated rings. The molecule has 2 amide bonds. The number of anilines is 1. The lowest BCUT2D eigenvalue weighted by Crippen LogP contribution is -2.41. The van der Waals surface area contributed by atoms with E-state index in [9.17, 15) is 9.59 Å². The number of carbonyl (C=O) groups excluding carboxylic acids is 2. The third-order valence-corrected chi connectivity index (χ3v) is 4.55. The molecule has 0 aromatic heterocycles. The summed E-state index contributed by atoms with van der Waals surface area (Å²) < 4.78 is 5.38. The molecule has 1 aromatic carbocycles. The van der Waals surface area contributed by atoms with Gasteiger partial charge in [-0.2, -0.15) is 0 Å². The van der Waals surface area contributed by atoms with E-state index in [1.165, 1.54) is 0 Å². The van der Waals surface area contributed by atoms with E-state index in [0.717, 1.165) is 22.9 Å². The van der Waals surface area contributed by atoms with Crippen LogP contribution in [0.5, 0.6) is 5.75 Å². The van der Waals surface area contributed by atoms with Gasteiger partial charge in [0.05, 0.1) is 11.7 Å². The molecule has 21 heavy (non-hydrogen) atoms. The van der Waals surface area contributed by atoms with Gasteiger partial charge in [-0.05, 0) is 17.7 Å². The van der Waals surface area contributed by atoms with Crippen molar-refractivity contribution in [3.05, 3.63) is 23.8 Å². The Morgan fingerprint density at radius 2 is 2.43 bits per heavy atom. The van der Waals surface area contributed by atoms with Crippen molar-refractivity contribution in [2.24, 2.45) is 0 Å². The standard InChI is InChI=1S/C14H17N3O3S/c1-17-11-4-9(2-3-12(11)20-6-13(17)18)5-15-14(19)10-7-21-8-16-10/h2-4,10,16H,5-8H2,1H3,(H,15,19). The second kappa shape index (κ2) is 5.95. The molecule has 0 bridgehead atoms. The highest BCUT2D eigenvalue weighted by molar-refractivity contribution is 7.99. The SMILES string of the molecule is CN1C(=O)COc2ccc(CNC(=O)C3CSCN3)cc21. The Morgan fingerprint density at radius 3 is 3.19 bits per heavy atom. The summed E-state index contributed by atoms with van der Waals surface area (Å²) in [4.78, 5) is 25.2. The van der Waals surface area contributed by atoms with Crippen molar-refractivity contribution in [3.8, 4) is 5.75 Å². The van der Waals surface area contributed by atoms with Gasteiger partial charge in [-0.1, -0.05) is 6.07 Å². The van der Waals surface area contributed by atoms with E-state index in [2.05, 4.69) is 10.6 Å². The van der Waals surface area contributed by atoms with Gasteiger partial charge >= 0.3 is 0 Å². The topological polar surface area (TPSA) is 70.7 Å². The molecule has 0 aliphatic carbocycles. The molecule has 2 heterocycles. The maximum absolute atomic E-state index is 11.9. The molecular formula is C14H17N3O3S. The summed E-state index contributed by atoms with van der Waals surface area (Å²) in [6.07, 6.45) is 0. The third kappa shape index (κ3) is 2.98. The van der Waals surface area contributed by atoms with Crippen LogP contribution >= 0.6 is 11.8 Å². The van der Waals surface area contributed by atoms with E-state index in [1.54, 1.807) is 23.7 Å². The van der Waals surface area contributed by atoms with Gasteiger partial charge in [0.15, 0.2) is 6.61 Å².